The summed E-state index contributed by atoms with van der Waals surface area (Å²) >= 11 is 0. The van der Waals surface area contributed by atoms with Gasteiger partial charge in [0.15, 0.2) is 0 Å². The van der Waals surface area contributed by atoms with E-state index < -0.39 is 91.5 Å². The van der Waals surface area contributed by atoms with E-state index in [1.54, 1.807) is 55.4 Å². The minimum atomic E-state index is -4.54. The quantitative estimate of drug-likeness (QED) is 0.0992. The van der Waals surface area contributed by atoms with Crippen LogP contribution in [0.4, 0.5) is 4.79 Å². The van der Waals surface area contributed by atoms with Crippen molar-refractivity contribution in [3.8, 4) is 11.5 Å². The lowest BCUT2D eigenvalue weighted by Crippen LogP contribution is -2.57. The summed E-state index contributed by atoms with van der Waals surface area (Å²) in [6, 6.07) is 3.64. The topological polar surface area (TPSA) is 261 Å². The summed E-state index contributed by atoms with van der Waals surface area (Å²) in [6.07, 6.45) is -1.72. The Hall–Kier alpha value is -5.39. The van der Waals surface area contributed by atoms with Crippen LogP contribution in [0.1, 0.15) is 90.6 Å². The number of rotatable bonds is 17. The normalized spacial score (nSPS) is 13.5. The number of hydrogen-bond donors (Lipinski definition) is 6. The average molecular weight is 780 g/mol. The number of esters is 1. The predicted molar refractivity (Wildman–Crippen MR) is 192 cm³/mol. The van der Waals surface area contributed by atoms with Gasteiger partial charge in [-0.15, -0.1) is 0 Å². The second-order valence-corrected chi connectivity index (χ2v) is 16.3. The Morgan fingerprint density at radius 1 is 0.759 bits per heavy atom. The molecule has 0 aliphatic rings. The summed E-state index contributed by atoms with van der Waals surface area (Å²) in [7, 11) is -4.54. The van der Waals surface area contributed by atoms with E-state index in [1.165, 1.54) is 24.3 Å². The van der Waals surface area contributed by atoms with E-state index in [0.717, 1.165) is 18.2 Å². The maximum absolute atomic E-state index is 13.7. The molecular weight excluding hydrogens is 730 g/mol. The molecule has 0 fully saturated rings. The van der Waals surface area contributed by atoms with Crippen molar-refractivity contribution in [3.05, 3.63) is 53.6 Å². The Morgan fingerprint density at radius 2 is 1.31 bits per heavy atom. The number of aliphatic carboxylic acids is 1. The number of alkyl carbamates (subject to hydrolysis) is 1. The van der Waals surface area contributed by atoms with Gasteiger partial charge in [0.05, 0.1) is 0 Å². The number of ether oxygens (including phenoxy) is 2. The van der Waals surface area contributed by atoms with Gasteiger partial charge in [0.2, 0.25) is 11.8 Å². The summed E-state index contributed by atoms with van der Waals surface area (Å²) in [4.78, 5) is 75.1. The highest BCUT2D eigenvalue weighted by Crippen LogP contribution is 2.25. The predicted octanol–water partition coefficient (Wildman–Crippen LogP) is 3.52. The molecule has 0 saturated carbocycles. The average Bonchev–Trinajstić information content (AvgIpc) is 3.00. The molecule has 54 heavy (non-hydrogen) atoms. The lowest BCUT2D eigenvalue weighted by Gasteiger charge is -2.26. The molecule has 0 unspecified atom stereocenters. The van der Waals surface area contributed by atoms with E-state index in [1.807, 2.05) is 0 Å². The number of aromatic hydroxyl groups is 1. The summed E-state index contributed by atoms with van der Waals surface area (Å²) in [5.74, 6) is -6.33. The molecule has 3 atom stereocenters. The van der Waals surface area contributed by atoms with E-state index in [4.69, 9.17) is 18.8 Å². The first-order valence-corrected chi connectivity index (χ1v) is 18.3. The first-order valence-electron chi connectivity index (χ1n) is 16.9. The number of carboxylic acids is 2. The van der Waals surface area contributed by atoms with Crippen LogP contribution in [0.3, 0.4) is 0 Å². The van der Waals surface area contributed by atoms with Gasteiger partial charge in [0, 0.05) is 18.9 Å². The van der Waals surface area contributed by atoms with Crippen LogP contribution in [0.15, 0.2) is 47.4 Å². The maximum Gasteiger partial charge on any atom is 0.408 e. The highest BCUT2D eigenvalue weighted by Gasteiger charge is 2.32. The number of aromatic carboxylic acids is 1. The first kappa shape index (κ1) is 44.8. The van der Waals surface area contributed by atoms with Crippen LogP contribution in [0.5, 0.6) is 11.5 Å². The summed E-state index contributed by atoms with van der Waals surface area (Å²) in [5, 5.41) is 36.2. The summed E-state index contributed by atoms with van der Waals surface area (Å²) in [6.45, 7) is 13.3. The fourth-order valence-electron chi connectivity index (χ4n) is 4.76. The van der Waals surface area contributed by atoms with Gasteiger partial charge >= 0.3 is 34.1 Å². The molecule has 0 aliphatic carbocycles. The van der Waals surface area contributed by atoms with Crippen LogP contribution in [-0.2, 0) is 45.2 Å². The fraction of sp³-hybridized carbons (Fsp3) is 0.500. The number of carbonyl (C=O) groups is 6. The Morgan fingerprint density at radius 3 is 1.81 bits per heavy atom. The van der Waals surface area contributed by atoms with Gasteiger partial charge < -0.3 is 44.9 Å². The molecule has 298 valence electrons. The van der Waals surface area contributed by atoms with Crippen molar-refractivity contribution in [2.24, 2.45) is 5.92 Å². The number of amides is 3. The third-order valence-corrected chi connectivity index (χ3v) is 8.32. The monoisotopic (exact) mass is 779 g/mol. The summed E-state index contributed by atoms with van der Waals surface area (Å²) < 4.78 is 41.4. The Balaban J connectivity index is 2.40. The third-order valence-electron chi connectivity index (χ3n) is 7.08. The van der Waals surface area contributed by atoms with Crippen molar-refractivity contribution in [1.29, 1.82) is 0 Å². The van der Waals surface area contributed by atoms with Gasteiger partial charge in [-0.1, -0.05) is 26.0 Å². The molecular formula is C36H49N3O14S. The van der Waals surface area contributed by atoms with Crippen molar-refractivity contribution in [2.45, 2.75) is 115 Å². The number of benzene rings is 2. The van der Waals surface area contributed by atoms with Crippen LogP contribution in [0.25, 0.3) is 0 Å². The lowest BCUT2D eigenvalue weighted by atomic mass is 10.0. The molecule has 0 radical (unpaired) electrons. The van der Waals surface area contributed by atoms with Crippen LogP contribution in [0, 0.1) is 5.92 Å². The van der Waals surface area contributed by atoms with Gasteiger partial charge in [-0.05, 0) is 90.1 Å². The number of nitrogens with one attached hydrogen (secondary N) is 3. The van der Waals surface area contributed by atoms with Crippen LogP contribution in [-0.4, -0.2) is 88.9 Å². The number of phenols is 1. The second kappa shape index (κ2) is 18.6. The minimum Gasteiger partial charge on any atom is -0.507 e. The lowest BCUT2D eigenvalue weighted by molar-refractivity contribution is -0.155. The zero-order valence-corrected chi connectivity index (χ0v) is 32.2. The molecule has 0 aromatic heterocycles. The fourth-order valence-corrected chi connectivity index (χ4v) is 5.71. The molecule has 0 heterocycles. The van der Waals surface area contributed by atoms with E-state index in [2.05, 4.69) is 16.0 Å². The smallest absolute Gasteiger partial charge is 0.408 e. The number of carbonyl (C=O) groups excluding carboxylic acids is 4. The second-order valence-electron chi connectivity index (χ2n) is 14.8. The molecule has 0 aliphatic heterocycles. The van der Waals surface area contributed by atoms with Gasteiger partial charge in [0.1, 0.15) is 51.3 Å². The maximum atomic E-state index is 13.7. The molecule has 6 N–H and O–H groups in total. The molecule has 0 bridgehead atoms. The van der Waals surface area contributed by atoms with Gasteiger partial charge in [0.25, 0.3) is 0 Å². The number of hydrogen-bond acceptors (Lipinski definition) is 12. The van der Waals surface area contributed by atoms with E-state index in [0.29, 0.717) is 5.56 Å². The van der Waals surface area contributed by atoms with Gasteiger partial charge in [-0.3, -0.25) is 14.4 Å². The highest BCUT2D eigenvalue weighted by atomic mass is 32.2. The van der Waals surface area contributed by atoms with Crippen LogP contribution < -0.4 is 20.1 Å². The van der Waals surface area contributed by atoms with Gasteiger partial charge in [-0.2, -0.15) is 8.42 Å². The zero-order chi connectivity index (χ0) is 41.2. The molecule has 18 heteroatoms. The van der Waals surface area contributed by atoms with Crippen molar-refractivity contribution >= 4 is 45.9 Å². The van der Waals surface area contributed by atoms with Crippen LogP contribution in [0.2, 0.25) is 0 Å². The van der Waals surface area contributed by atoms with E-state index >= 15 is 0 Å². The molecule has 2 rings (SSSR count). The summed E-state index contributed by atoms with van der Waals surface area (Å²) in [5.41, 5.74) is -1.93. The highest BCUT2D eigenvalue weighted by molar-refractivity contribution is 7.87. The van der Waals surface area contributed by atoms with Crippen molar-refractivity contribution in [3.63, 3.8) is 0 Å². The standard InChI is InChI=1S/C36H49N3O14S/c1-20(2)17-27(33(46)47)38-31(43)26(37-30(42)25(39-34(48)52-36(6,7)8)15-16-29(41)51-35(3,4)5)18-21-9-11-22(12-10-21)53-54(49,50)23-13-14-24(32(44)45)28(40)19-23/h9-14,19-20,25-27,40H,15-18H2,1-8H3,(H,37,42)(H,38,43)(H,39,48)(H,44,45)(H,46,47)/t25-,26-,27-/m0/s1. The molecule has 17 nitrogen and oxygen atoms in total. The van der Waals surface area contributed by atoms with E-state index in [-0.39, 0.29) is 37.4 Å². The molecule has 0 saturated heterocycles. The first-order chi connectivity index (χ1) is 24.8. The molecule has 3 amide bonds. The van der Waals surface area contributed by atoms with Crippen molar-refractivity contribution in [1.82, 2.24) is 16.0 Å². The third kappa shape index (κ3) is 15.3. The van der Waals surface area contributed by atoms with Crippen molar-refractivity contribution < 1.29 is 66.2 Å². The molecule has 2 aromatic carbocycles. The zero-order valence-electron chi connectivity index (χ0n) is 31.4. The molecule has 0 spiro atoms. The Kier molecular flexibility index (Phi) is 15.4. The largest absolute Gasteiger partial charge is 0.507 e. The van der Waals surface area contributed by atoms with E-state index in [9.17, 15) is 47.4 Å². The van der Waals surface area contributed by atoms with Gasteiger partial charge in [-0.25, -0.2) is 14.4 Å². The number of carboxylic acid groups (broad SMARTS) is 2. The van der Waals surface area contributed by atoms with Crippen LogP contribution >= 0.6 is 0 Å². The Labute approximate surface area is 313 Å². The SMILES string of the molecule is CC(C)C[C@H](NC(=O)[C@H](Cc1ccc(OS(=O)(=O)c2ccc(C(=O)O)c(O)c2)cc1)NC(=O)[C@H](CCC(=O)OC(C)(C)C)NC(=O)OC(C)(C)C)C(=O)O. The minimum absolute atomic E-state index is 0.0672. The van der Waals surface area contributed by atoms with Crippen molar-refractivity contribution in [2.75, 3.05) is 0 Å². The Bertz CT molecular complexity index is 1800. The molecule has 2 aromatic rings.